The fourth-order valence-electron chi connectivity index (χ4n) is 1.25. The molecule has 0 saturated heterocycles. The van der Waals surface area contributed by atoms with Crippen molar-refractivity contribution in [2.75, 3.05) is 7.11 Å². The van der Waals surface area contributed by atoms with E-state index in [0.29, 0.717) is 5.82 Å². The number of methoxy groups -OCH3 is 1. The molecule has 7 nitrogen and oxygen atoms in total. The van der Waals surface area contributed by atoms with Crippen LogP contribution in [0.1, 0.15) is 18.9 Å². The number of rotatable bonds is 2. The van der Waals surface area contributed by atoms with Gasteiger partial charge < -0.3 is 9.72 Å². The van der Waals surface area contributed by atoms with Crippen LogP contribution in [-0.2, 0) is 4.74 Å². The van der Waals surface area contributed by atoms with Gasteiger partial charge >= 0.3 is 5.69 Å². The van der Waals surface area contributed by atoms with Crippen molar-refractivity contribution in [1.82, 2.24) is 19.9 Å². The van der Waals surface area contributed by atoms with Crippen LogP contribution in [0.15, 0.2) is 9.59 Å². The topological polar surface area (TPSA) is 104 Å². The predicted molar refractivity (Wildman–Crippen MR) is 52.8 cm³/mol. The molecule has 0 aliphatic heterocycles. The summed E-state index contributed by atoms with van der Waals surface area (Å²) in [4.78, 5) is 33.7. The van der Waals surface area contributed by atoms with Crippen LogP contribution in [0.5, 0.6) is 0 Å². The minimum Gasteiger partial charge on any atom is -0.374 e. The zero-order chi connectivity index (χ0) is 11.0. The maximum Gasteiger partial charge on any atom is 0.327 e. The maximum absolute atomic E-state index is 11.3. The number of H-pyrrole nitrogens is 3. The van der Waals surface area contributed by atoms with Gasteiger partial charge in [0, 0.05) is 7.11 Å². The van der Waals surface area contributed by atoms with Crippen LogP contribution in [-0.4, -0.2) is 27.0 Å². The first-order valence-corrected chi connectivity index (χ1v) is 4.37. The Labute approximate surface area is 83.5 Å². The van der Waals surface area contributed by atoms with Gasteiger partial charge in [-0.15, -0.1) is 0 Å². The van der Waals surface area contributed by atoms with Crippen LogP contribution in [0.4, 0.5) is 0 Å². The molecule has 0 saturated carbocycles. The molecule has 0 bridgehead atoms. The lowest BCUT2D eigenvalue weighted by Gasteiger charge is -2.03. The van der Waals surface area contributed by atoms with E-state index in [1.165, 1.54) is 7.11 Å². The fourth-order valence-corrected chi connectivity index (χ4v) is 1.25. The second-order valence-electron chi connectivity index (χ2n) is 3.13. The Morgan fingerprint density at radius 3 is 2.67 bits per heavy atom. The van der Waals surface area contributed by atoms with Crippen molar-refractivity contribution in [2.45, 2.75) is 13.0 Å². The Morgan fingerprint density at radius 1 is 1.27 bits per heavy atom. The number of hydrogen-bond acceptors (Lipinski definition) is 4. The van der Waals surface area contributed by atoms with Crippen LogP contribution < -0.4 is 11.2 Å². The van der Waals surface area contributed by atoms with Crippen LogP contribution in [0.3, 0.4) is 0 Å². The van der Waals surface area contributed by atoms with Crippen LogP contribution in [0.2, 0.25) is 0 Å². The van der Waals surface area contributed by atoms with Crippen molar-refractivity contribution >= 4 is 11.2 Å². The normalized spacial score (nSPS) is 13.2. The number of hydrogen-bond donors (Lipinski definition) is 3. The Kier molecular flexibility index (Phi) is 2.16. The summed E-state index contributed by atoms with van der Waals surface area (Å²) in [6.07, 6.45) is -0.264. The van der Waals surface area contributed by atoms with Gasteiger partial charge in [-0.1, -0.05) is 0 Å². The first-order valence-electron chi connectivity index (χ1n) is 4.37. The van der Waals surface area contributed by atoms with Gasteiger partial charge in [-0.25, -0.2) is 9.78 Å². The highest BCUT2D eigenvalue weighted by atomic mass is 16.5. The molecule has 0 aliphatic rings. The van der Waals surface area contributed by atoms with Crippen molar-refractivity contribution in [3.05, 3.63) is 26.7 Å². The van der Waals surface area contributed by atoms with Crippen molar-refractivity contribution in [3.8, 4) is 0 Å². The summed E-state index contributed by atoms with van der Waals surface area (Å²) in [5.74, 6) is 0.500. The van der Waals surface area contributed by atoms with Gasteiger partial charge in [0.15, 0.2) is 5.65 Å². The number of aromatic amines is 3. The van der Waals surface area contributed by atoms with Gasteiger partial charge in [-0.3, -0.25) is 14.8 Å². The molecule has 2 aromatic rings. The lowest BCUT2D eigenvalue weighted by Crippen LogP contribution is -2.21. The number of nitrogens with one attached hydrogen (secondary N) is 3. The summed E-state index contributed by atoms with van der Waals surface area (Å²) < 4.78 is 5.04. The van der Waals surface area contributed by atoms with Crippen molar-refractivity contribution in [1.29, 1.82) is 0 Å². The highest BCUT2D eigenvalue weighted by molar-refractivity contribution is 5.68. The van der Waals surface area contributed by atoms with Gasteiger partial charge in [0.1, 0.15) is 17.4 Å². The van der Waals surface area contributed by atoms with E-state index in [-0.39, 0.29) is 17.3 Å². The number of ether oxygens (including phenoxy) is 1. The average molecular weight is 210 g/mol. The minimum atomic E-state index is -0.574. The van der Waals surface area contributed by atoms with Gasteiger partial charge in [-0.05, 0) is 6.92 Å². The molecule has 3 N–H and O–H groups in total. The molecule has 2 aromatic heterocycles. The third-order valence-corrected chi connectivity index (χ3v) is 2.15. The van der Waals surface area contributed by atoms with Gasteiger partial charge in [0.05, 0.1) is 0 Å². The largest absolute Gasteiger partial charge is 0.374 e. The maximum atomic E-state index is 11.3. The van der Waals surface area contributed by atoms with Crippen LogP contribution in [0, 0.1) is 0 Å². The minimum absolute atomic E-state index is 0.239. The Bertz CT molecular complexity index is 594. The van der Waals surface area contributed by atoms with E-state index in [9.17, 15) is 9.59 Å². The highest BCUT2D eigenvalue weighted by Crippen LogP contribution is 2.12. The van der Waals surface area contributed by atoms with Crippen molar-refractivity contribution < 1.29 is 4.74 Å². The zero-order valence-corrected chi connectivity index (χ0v) is 8.25. The van der Waals surface area contributed by atoms with E-state index in [4.69, 9.17) is 4.74 Å². The van der Waals surface area contributed by atoms with Gasteiger partial charge in [-0.2, -0.15) is 0 Å². The third kappa shape index (κ3) is 1.57. The second-order valence-corrected chi connectivity index (χ2v) is 3.13. The first kappa shape index (κ1) is 9.66. The summed E-state index contributed by atoms with van der Waals surface area (Å²) in [5, 5.41) is 0. The molecule has 80 valence electrons. The van der Waals surface area contributed by atoms with E-state index in [1.54, 1.807) is 6.92 Å². The standard InChI is InChI=1S/C8H10N4O3/c1-3(15-2)5-9-4-6(10-5)11-8(14)12-7(4)13/h3H,1-2H3,(H3,9,10,11,12,13,14). The molecule has 2 rings (SSSR count). The van der Waals surface area contributed by atoms with E-state index in [2.05, 4.69) is 19.9 Å². The first-order chi connectivity index (χ1) is 7.11. The number of imidazole rings is 1. The van der Waals surface area contributed by atoms with E-state index in [1.807, 2.05) is 0 Å². The van der Waals surface area contributed by atoms with Gasteiger partial charge in [0.25, 0.3) is 5.56 Å². The zero-order valence-electron chi connectivity index (χ0n) is 8.25. The molecule has 15 heavy (non-hydrogen) atoms. The highest BCUT2D eigenvalue weighted by Gasteiger charge is 2.12. The molecule has 1 unspecified atom stereocenters. The van der Waals surface area contributed by atoms with E-state index >= 15 is 0 Å². The summed E-state index contributed by atoms with van der Waals surface area (Å²) in [6, 6.07) is 0. The molecule has 7 heteroatoms. The Balaban J connectivity index is 2.71. The summed E-state index contributed by atoms with van der Waals surface area (Å²) in [6.45, 7) is 1.78. The molecule has 2 heterocycles. The van der Waals surface area contributed by atoms with Crippen molar-refractivity contribution in [2.24, 2.45) is 0 Å². The molecule has 0 aliphatic carbocycles. The molecule has 0 fully saturated rings. The summed E-state index contributed by atoms with van der Waals surface area (Å²) in [5.41, 5.74) is -0.581. The number of fused-ring (bicyclic) bond motifs is 1. The molecular formula is C8H10N4O3. The Morgan fingerprint density at radius 2 is 2.00 bits per heavy atom. The fraction of sp³-hybridized carbons (Fsp3) is 0.375. The number of aromatic nitrogens is 4. The van der Waals surface area contributed by atoms with Crippen molar-refractivity contribution in [3.63, 3.8) is 0 Å². The average Bonchev–Trinajstić information content (AvgIpc) is 2.60. The SMILES string of the molecule is COC(C)c1nc2[nH]c(=O)[nH]c(=O)c2[nH]1. The van der Waals surface area contributed by atoms with E-state index < -0.39 is 11.2 Å². The quantitative estimate of drug-likeness (QED) is 0.630. The molecule has 0 radical (unpaired) electrons. The molecule has 0 aromatic carbocycles. The lowest BCUT2D eigenvalue weighted by atomic mass is 10.4. The predicted octanol–water partition coefficient (Wildman–Crippen LogP) is -0.353. The number of nitrogens with zero attached hydrogens (tertiary/aromatic N) is 1. The monoisotopic (exact) mass is 210 g/mol. The lowest BCUT2D eigenvalue weighted by molar-refractivity contribution is 0.113. The summed E-state index contributed by atoms with van der Waals surface area (Å²) in [7, 11) is 1.53. The summed E-state index contributed by atoms with van der Waals surface area (Å²) >= 11 is 0. The smallest absolute Gasteiger partial charge is 0.327 e. The second kappa shape index (κ2) is 3.35. The molecular weight excluding hydrogens is 200 g/mol. The molecule has 0 spiro atoms. The third-order valence-electron chi connectivity index (χ3n) is 2.15. The van der Waals surface area contributed by atoms with Gasteiger partial charge in [0.2, 0.25) is 0 Å². The Hall–Kier alpha value is -1.89. The molecule has 0 amide bonds. The molecule has 1 atom stereocenters. The van der Waals surface area contributed by atoms with Crippen LogP contribution >= 0.6 is 0 Å². The van der Waals surface area contributed by atoms with E-state index in [0.717, 1.165) is 0 Å². The van der Waals surface area contributed by atoms with Crippen LogP contribution in [0.25, 0.3) is 11.2 Å².